The van der Waals surface area contributed by atoms with Crippen molar-refractivity contribution in [2.45, 2.75) is 0 Å². The predicted octanol–water partition coefficient (Wildman–Crippen LogP) is 7.01. The molecule has 0 aliphatic rings. The van der Waals surface area contributed by atoms with E-state index in [0.717, 1.165) is 11.5 Å². The van der Waals surface area contributed by atoms with E-state index in [1.54, 1.807) is 0 Å². The van der Waals surface area contributed by atoms with Crippen LogP contribution in [-0.2, 0) is 0 Å². The van der Waals surface area contributed by atoms with E-state index in [1.807, 2.05) is 72.8 Å². The predicted molar refractivity (Wildman–Crippen MR) is 114 cm³/mol. The van der Waals surface area contributed by atoms with Gasteiger partial charge in [-0.2, -0.15) is 0 Å². The zero-order valence-electron chi connectivity index (χ0n) is 14.9. The van der Waals surface area contributed by atoms with Gasteiger partial charge >= 0.3 is 0 Å². The summed E-state index contributed by atoms with van der Waals surface area (Å²) in [6, 6.07) is 40.0. The average Bonchev–Trinajstić information content (AvgIpc) is 2.77. The molecule has 3 heteroatoms. The van der Waals surface area contributed by atoms with E-state index in [4.69, 9.17) is 9.05 Å². The molecule has 0 atom stereocenters. The fourth-order valence-electron chi connectivity index (χ4n) is 2.36. The van der Waals surface area contributed by atoms with Gasteiger partial charge in [-0.05, 0) is 35.4 Å². The molecule has 0 aliphatic heterocycles. The average molecular weight is 372 g/mol. The lowest BCUT2D eigenvalue weighted by Gasteiger charge is -2.06. The van der Waals surface area contributed by atoms with Crippen molar-refractivity contribution < 1.29 is 9.05 Å². The van der Waals surface area contributed by atoms with Crippen molar-refractivity contribution in [1.82, 2.24) is 0 Å². The molecule has 0 aliphatic carbocycles. The molecule has 0 radical (unpaired) electrons. The first kappa shape index (κ1) is 18.7. The molecule has 4 aromatic carbocycles. The third-order valence-electron chi connectivity index (χ3n) is 3.69. The van der Waals surface area contributed by atoms with Crippen LogP contribution in [0.25, 0.3) is 11.1 Å². The van der Waals surface area contributed by atoms with Crippen LogP contribution < -0.4 is 9.05 Å². The molecular weight excluding hydrogens is 351 g/mol. The summed E-state index contributed by atoms with van der Waals surface area (Å²) in [5, 5.41) is 0. The van der Waals surface area contributed by atoms with Crippen molar-refractivity contribution in [3.05, 3.63) is 121 Å². The van der Waals surface area contributed by atoms with Crippen molar-refractivity contribution in [3.8, 4) is 22.6 Å². The van der Waals surface area contributed by atoms with E-state index >= 15 is 0 Å². The molecule has 4 rings (SSSR count). The first-order valence-electron chi connectivity index (χ1n) is 8.71. The number of hydrogen-bond acceptors (Lipinski definition) is 2. The molecule has 2 nitrogen and oxygen atoms in total. The summed E-state index contributed by atoms with van der Waals surface area (Å²) in [6.45, 7) is 0. The van der Waals surface area contributed by atoms with E-state index in [1.165, 1.54) is 11.1 Å². The van der Waals surface area contributed by atoms with Crippen LogP contribution in [0, 0.1) is 0 Å². The minimum Gasteiger partial charge on any atom is -0.441 e. The lowest BCUT2D eigenvalue weighted by Crippen LogP contribution is -1.83. The smallest absolute Gasteiger partial charge is 0.275 e. The highest BCUT2D eigenvalue weighted by atomic mass is 31.1. The van der Waals surface area contributed by atoms with Crippen molar-refractivity contribution in [1.29, 1.82) is 0 Å². The maximum absolute atomic E-state index is 5.42. The maximum Gasteiger partial charge on any atom is 0.275 e. The third-order valence-corrected chi connectivity index (χ3v) is 4.32. The first-order chi connectivity index (χ1) is 13.4. The van der Waals surface area contributed by atoms with Crippen LogP contribution in [0.15, 0.2) is 121 Å². The fourth-order valence-corrected chi connectivity index (χ4v) is 2.86. The maximum atomic E-state index is 5.42. The van der Waals surface area contributed by atoms with Crippen LogP contribution in [0.4, 0.5) is 0 Å². The molecule has 0 spiro atoms. The van der Waals surface area contributed by atoms with E-state index < -0.39 is 0 Å². The fraction of sp³-hybridized carbons (Fsp3) is 0. The van der Waals surface area contributed by atoms with Gasteiger partial charge in [0.2, 0.25) is 0 Å². The van der Waals surface area contributed by atoms with Gasteiger partial charge < -0.3 is 9.05 Å². The van der Waals surface area contributed by atoms with Crippen molar-refractivity contribution in [2.24, 2.45) is 0 Å². The zero-order valence-corrected chi connectivity index (χ0v) is 15.9. The standard InChI is InChI=1S/C12H11O2P.C12H10/c1-3-7-11(8-4-1)13-15-14-12-9-5-2-6-10-12;1-3-7-11(8-4-1)12-9-5-2-6-10-12/h1-10,15H;1-10H. The van der Waals surface area contributed by atoms with Crippen LogP contribution in [0.5, 0.6) is 11.5 Å². The zero-order chi connectivity index (χ0) is 18.6. The molecule has 0 N–H and O–H groups in total. The van der Waals surface area contributed by atoms with E-state index in [9.17, 15) is 0 Å². The summed E-state index contributed by atoms with van der Waals surface area (Å²) < 4.78 is 10.8. The molecule has 0 fully saturated rings. The Morgan fingerprint density at radius 3 is 1.00 bits per heavy atom. The first-order valence-corrected chi connectivity index (χ1v) is 9.53. The lowest BCUT2D eigenvalue weighted by molar-refractivity contribution is 0.516. The van der Waals surface area contributed by atoms with Crippen LogP contribution >= 0.6 is 9.03 Å². The molecule has 134 valence electrons. The Morgan fingerprint density at radius 2 is 0.667 bits per heavy atom. The second kappa shape index (κ2) is 10.8. The number of benzene rings is 4. The Kier molecular flexibility index (Phi) is 7.48. The van der Waals surface area contributed by atoms with Crippen LogP contribution in [0.3, 0.4) is 0 Å². The Morgan fingerprint density at radius 1 is 0.370 bits per heavy atom. The second-order valence-electron chi connectivity index (χ2n) is 5.65. The highest BCUT2D eigenvalue weighted by Gasteiger charge is 1.94. The van der Waals surface area contributed by atoms with Gasteiger partial charge in [0.25, 0.3) is 9.03 Å². The summed E-state index contributed by atoms with van der Waals surface area (Å²) in [4.78, 5) is 0. The Balaban J connectivity index is 0.000000159. The largest absolute Gasteiger partial charge is 0.441 e. The molecular formula is C24H21O2P. The molecule has 0 heterocycles. The summed E-state index contributed by atoms with van der Waals surface area (Å²) in [5.41, 5.74) is 2.55. The summed E-state index contributed by atoms with van der Waals surface area (Å²) in [7, 11) is -0.0129. The molecule has 0 amide bonds. The third kappa shape index (κ3) is 6.62. The Bertz CT molecular complexity index is 805. The monoisotopic (exact) mass is 372 g/mol. The molecule has 27 heavy (non-hydrogen) atoms. The van der Waals surface area contributed by atoms with Gasteiger partial charge in [0.1, 0.15) is 11.5 Å². The highest BCUT2D eigenvalue weighted by Crippen LogP contribution is 2.24. The van der Waals surface area contributed by atoms with Gasteiger partial charge in [0.15, 0.2) is 0 Å². The summed E-state index contributed by atoms with van der Waals surface area (Å²) in [6.07, 6.45) is 0. The highest BCUT2D eigenvalue weighted by molar-refractivity contribution is 7.27. The van der Waals surface area contributed by atoms with E-state index in [-0.39, 0.29) is 9.03 Å². The van der Waals surface area contributed by atoms with Gasteiger partial charge in [-0.1, -0.05) is 97.1 Å². The van der Waals surface area contributed by atoms with E-state index in [0.29, 0.717) is 0 Å². The van der Waals surface area contributed by atoms with Gasteiger partial charge in [0.05, 0.1) is 0 Å². The van der Waals surface area contributed by atoms with Crippen molar-refractivity contribution >= 4 is 9.03 Å². The van der Waals surface area contributed by atoms with Crippen LogP contribution in [0.2, 0.25) is 0 Å². The summed E-state index contributed by atoms with van der Waals surface area (Å²) in [5.74, 6) is 1.65. The molecule has 0 unspecified atom stereocenters. The van der Waals surface area contributed by atoms with Crippen LogP contribution in [0.1, 0.15) is 0 Å². The molecule has 0 aromatic heterocycles. The SMILES string of the molecule is c1ccc(-c2ccccc2)cc1.c1ccc(OPOc2ccccc2)cc1. The molecule has 0 saturated heterocycles. The molecule has 0 bridgehead atoms. The number of para-hydroxylation sites is 2. The van der Waals surface area contributed by atoms with Crippen LogP contribution in [-0.4, -0.2) is 0 Å². The van der Waals surface area contributed by atoms with Gasteiger partial charge in [-0.25, -0.2) is 0 Å². The van der Waals surface area contributed by atoms with E-state index in [2.05, 4.69) is 48.5 Å². The number of rotatable bonds is 5. The van der Waals surface area contributed by atoms with Gasteiger partial charge in [-0.3, -0.25) is 0 Å². The van der Waals surface area contributed by atoms with Crippen molar-refractivity contribution in [2.75, 3.05) is 0 Å². The molecule has 4 aromatic rings. The van der Waals surface area contributed by atoms with Crippen molar-refractivity contribution in [3.63, 3.8) is 0 Å². The molecule has 0 saturated carbocycles. The van der Waals surface area contributed by atoms with Gasteiger partial charge in [-0.15, -0.1) is 0 Å². The second-order valence-corrected chi connectivity index (χ2v) is 6.22. The minimum atomic E-state index is -0.0129. The number of hydrogen-bond donors (Lipinski definition) is 0. The lowest BCUT2D eigenvalue weighted by atomic mass is 10.1. The topological polar surface area (TPSA) is 18.5 Å². The normalized spacial score (nSPS) is 9.63. The minimum absolute atomic E-state index is 0.0129. The summed E-state index contributed by atoms with van der Waals surface area (Å²) >= 11 is 0. The van der Waals surface area contributed by atoms with Gasteiger partial charge in [0, 0.05) is 0 Å². The Labute approximate surface area is 162 Å². The quantitative estimate of drug-likeness (QED) is 0.351. The Hall–Kier alpha value is -3.09.